The van der Waals surface area contributed by atoms with E-state index in [0.29, 0.717) is 5.92 Å². The normalized spacial score (nSPS) is 22.3. The number of hydrogen-bond acceptors (Lipinski definition) is 3. The number of benzene rings is 1. The van der Waals surface area contributed by atoms with Gasteiger partial charge in [0.05, 0.1) is 10.7 Å². The van der Waals surface area contributed by atoms with E-state index in [2.05, 4.69) is 24.3 Å². The van der Waals surface area contributed by atoms with Crippen molar-refractivity contribution in [1.29, 1.82) is 0 Å². The molecule has 1 unspecified atom stereocenters. The van der Waals surface area contributed by atoms with Gasteiger partial charge >= 0.3 is 0 Å². The SMILES string of the molecule is NC1CCCc2sc(C3Cc4ccccc4C3)nc21. The summed E-state index contributed by atoms with van der Waals surface area (Å²) in [5.74, 6) is 0.584. The van der Waals surface area contributed by atoms with Gasteiger partial charge in [-0.3, -0.25) is 0 Å². The molecule has 19 heavy (non-hydrogen) atoms. The van der Waals surface area contributed by atoms with Crippen LogP contribution >= 0.6 is 11.3 Å². The summed E-state index contributed by atoms with van der Waals surface area (Å²) in [6.07, 6.45) is 5.80. The molecule has 0 radical (unpaired) electrons. The molecule has 1 aromatic heterocycles. The fourth-order valence-electron chi connectivity index (χ4n) is 3.38. The van der Waals surface area contributed by atoms with Gasteiger partial charge in [0, 0.05) is 16.8 Å². The van der Waals surface area contributed by atoms with Crippen LogP contribution in [0.4, 0.5) is 0 Å². The van der Waals surface area contributed by atoms with Crippen LogP contribution in [0.2, 0.25) is 0 Å². The van der Waals surface area contributed by atoms with Gasteiger partial charge in [-0.2, -0.15) is 0 Å². The smallest absolute Gasteiger partial charge is 0.0969 e. The number of hydrogen-bond donors (Lipinski definition) is 1. The molecular formula is C16H18N2S. The van der Waals surface area contributed by atoms with Crippen molar-refractivity contribution >= 4 is 11.3 Å². The second-order valence-electron chi connectivity index (χ2n) is 5.73. The van der Waals surface area contributed by atoms with Crippen molar-refractivity contribution in [3.63, 3.8) is 0 Å². The molecule has 2 aliphatic rings. The van der Waals surface area contributed by atoms with Crippen LogP contribution in [0, 0.1) is 0 Å². The third kappa shape index (κ3) is 1.92. The molecule has 98 valence electrons. The van der Waals surface area contributed by atoms with Crippen LogP contribution in [0.3, 0.4) is 0 Å². The van der Waals surface area contributed by atoms with Crippen molar-refractivity contribution in [3.8, 4) is 0 Å². The Bertz CT molecular complexity index is 592. The Hall–Kier alpha value is -1.19. The molecule has 0 amide bonds. The van der Waals surface area contributed by atoms with E-state index >= 15 is 0 Å². The molecule has 1 aromatic carbocycles. The topological polar surface area (TPSA) is 38.9 Å². The van der Waals surface area contributed by atoms with Crippen LogP contribution in [-0.2, 0) is 19.3 Å². The molecule has 2 N–H and O–H groups in total. The second-order valence-corrected chi connectivity index (χ2v) is 6.85. The minimum atomic E-state index is 0.178. The molecule has 0 bridgehead atoms. The van der Waals surface area contributed by atoms with Crippen LogP contribution in [0.1, 0.15) is 51.5 Å². The minimum absolute atomic E-state index is 0.178. The molecule has 1 atom stereocenters. The van der Waals surface area contributed by atoms with E-state index in [1.807, 2.05) is 11.3 Å². The molecule has 1 heterocycles. The van der Waals surface area contributed by atoms with Crippen molar-refractivity contribution in [2.75, 3.05) is 0 Å². The third-order valence-electron chi connectivity index (χ3n) is 4.41. The Morgan fingerprint density at radius 2 is 1.89 bits per heavy atom. The summed E-state index contributed by atoms with van der Waals surface area (Å²) in [6.45, 7) is 0. The first-order chi connectivity index (χ1) is 9.31. The molecule has 0 aliphatic heterocycles. The zero-order valence-corrected chi connectivity index (χ0v) is 11.7. The van der Waals surface area contributed by atoms with E-state index in [4.69, 9.17) is 10.7 Å². The predicted octanol–water partition coefficient (Wildman–Crippen LogP) is 3.36. The molecule has 0 saturated carbocycles. The largest absolute Gasteiger partial charge is 0.323 e. The van der Waals surface area contributed by atoms with Gasteiger partial charge in [0.2, 0.25) is 0 Å². The molecule has 4 rings (SSSR count). The van der Waals surface area contributed by atoms with Crippen molar-refractivity contribution < 1.29 is 0 Å². The Kier molecular flexibility index (Phi) is 2.71. The van der Waals surface area contributed by atoms with Gasteiger partial charge in [-0.1, -0.05) is 24.3 Å². The average Bonchev–Trinajstić information content (AvgIpc) is 3.02. The highest BCUT2D eigenvalue weighted by atomic mass is 32.1. The van der Waals surface area contributed by atoms with Gasteiger partial charge in [-0.05, 0) is 43.2 Å². The van der Waals surface area contributed by atoms with Crippen LogP contribution in [0.25, 0.3) is 0 Å². The first kappa shape index (κ1) is 11.6. The number of aromatic nitrogens is 1. The fourth-order valence-corrected chi connectivity index (χ4v) is 4.66. The second kappa shape index (κ2) is 4.43. The van der Waals surface area contributed by atoms with Crippen molar-refractivity contribution in [2.45, 2.75) is 44.1 Å². The Morgan fingerprint density at radius 1 is 1.16 bits per heavy atom. The highest BCUT2D eigenvalue weighted by Gasteiger charge is 2.28. The lowest BCUT2D eigenvalue weighted by molar-refractivity contribution is 0.560. The number of thiazole rings is 1. The van der Waals surface area contributed by atoms with E-state index in [1.54, 1.807) is 0 Å². The summed E-state index contributed by atoms with van der Waals surface area (Å²) in [4.78, 5) is 6.34. The molecule has 2 nitrogen and oxygen atoms in total. The summed E-state index contributed by atoms with van der Waals surface area (Å²) in [7, 11) is 0. The molecule has 2 aromatic rings. The maximum Gasteiger partial charge on any atom is 0.0969 e. The minimum Gasteiger partial charge on any atom is -0.323 e. The summed E-state index contributed by atoms with van der Waals surface area (Å²) >= 11 is 1.92. The van der Waals surface area contributed by atoms with Crippen molar-refractivity contribution in [2.24, 2.45) is 5.73 Å². The van der Waals surface area contributed by atoms with Gasteiger partial charge in [0.25, 0.3) is 0 Å². The molecule has 0 fully saturated rings. The van der Waals surface area contributed by atoms with Crippen LogP contribution < -0.4 is 5.73 Å². The van der Waals surface area contributed by atoms with Crippen LogP contribution in [0.5, 0.6) is 0 Å². The van der Waals surface area contributed by atoms with Gasteiger partial charge < -0.3 is 5.73 Å². The zero-order chi connectivity index (χ0) is 12.8. The first-order valence-corrected chi connectivity index (χ1v) is 7.95. The van der Waals surface area contributed by atoms with E-state index in [1.165, 1.54) is 39.5 Å². The number of rotatable bonds is 1. The van der Waals surface area contributed by atoms with Crippen molar-refractivity contribution in [1.82, 2.24) is 4.98 Å². The summed E-state index contributed by atoms with van der Waals surface area (Å²) < 4.78 is 0. The van der Waals surface area contributed by atoms with Gasteiger partial charge in [0.1, 0.15) is 0 Å². The van der Waals surface area contributed by atoms with Gasteiger partial charge in [-0.25, -0.2) is 4.98 Å². The zero-order valence-electron chi connectivity index (χ0n) is 10.9. The average molecular weight is 270 g/mol. The van der Waals surface area contributed by atoms with Crippen LogP contribution in [-0.4, -0.2) is 4.98 Å². The molecule has 2 aliphatic carbocycles. The summed E-state index contributed by atoms with van der Waals surface area (Å²) in [5.41, 5.74) is 10.4. The Labute approximate surface area is 117 Å². The lowest BCUT2D eigenvalue weighted by Crippen LogP contribution is -2.16. The van der Waals surface area contributed by atoms with Crippen molar-refractivity contribution in [3.05, 3.63) is 51.0 Å². The van der Waals surface area contributed by atoms with E-state index in [-0.39, 0.29) is 6.04 Å². The highest BCUT2D eigenvalue weighted by Crippen LogP contribution is 2.39. The van der Waals surface area contributed by atoms with Crippen LogP contribution in [0.15, 0.2) is 24.3 Å². The maximum atomic E-state index is 6.19. The summed E-state index contributed by atoms with van der Waals surface area (Å²) in [6, 6.07) is 8.98. The quantitative estimate of drug-likeness (QED) is 0.863. The maximum absolute atomic E-state index is 6.19. The third-order valence-corrected chi connectivity index (χ3v) is 5.71. The molecule has 0 spiro atoms. The lowest BCUT2D eigenvalue weighted by atomic mass is 9.98. The number of nitrogens with zero attached hydrogens (tertiary/aromatic N) is 1. The fraction of sp³-hybridized carbons (Fsp3) is 0.438. The van der Waals surface area contributed by atoms with Gasteiger partial charge in [-0.15, -0.1) is 11.3 Å². The molecule has 3 heteroatoms. The molecule has 0 saturated heterocycles. The Morgan fingerprint density at radius 3 is 2.58 bits per heavy atom. The molecular weight excluding hydrogens is 252 g/mol. The first-order valence-electron chi connectivity index (χ1n) is 7.13. The lowest BCUT2D eigenvalue weighted by Gasteiger charge is -2.15. The van der Waals surface area contributed by atoms with E-state index < -0.39 is 0 Å². The standard InChI is InChI=1S/C16H18N2S/c17-13-6-3-7-14-15(13)18-16(19-14)12-8-10-4-1-2-5-11(10)9-12/h1-2,4-5,12-13H,3,6-9,17H2. The monoisotopic (exact) mass is 270 g/mol. The highest BCUT2D eigenvalue weighted by molar-refractivity contribution is 7.11. The van der Waals surface area contributed by atoms with E-state index in [9.17, 15) is 0 Å². The van der Waals surface area contributed by atoms with Gasteiger partial charge in [0.15, 0.2) is 0 Å². The van der Waals surface area contributed by atoms with E-state index in [0.717, 1.165) is 19.3 Å². The predicted molar refractivity (Wildman–Crippen MR) is 78.6 cm³/mol. The summed E-state index contributed by atoms with van der Waals surface area (Å²) in [5, 5.41) is 1.32. The number of fused-ring (bicyclic) bond motifs is 2. The number of aryl methyl sites for hydroxylation is 1. The Balaban J connectivity index is 1.65. The number of nitrogens with two attached hydrogens (primary N) is 1.